The monoisotopic (exact) mass is 559 g/mol. The maximum absolute atomic E-state index is 9.80. The first-order valence-corrected chi connectivity index (χ1v) is 16.0. The first-order chi connectivity index (χ1) is 18.9. The molecule has 0 spiro atoms. The van der Waals surface area contributed by atoms with Gasteiger partial charge in [-0.25, -0.2) is 0 Å². The third-order valence-electron chi connectivity index (χ3n) is 7.56. The Hall–Kier alpha value is -2.47. The Morgan fingerprint density at radius 1 is 0.795 bits per heavy atom. The van der Waals surface area contributed by atoms with Gasteiger partial charge in [-0.3, -0.25) is 9.80 Å². The van der Waals surface area contributed by atoms with E-state index in [9.17, 15) is 5.26 Å². The maximum atomic E-state index is 9.80. The van der Waals surface area contributed by atoms with Crippen molar-refractivity contribution in [2.75, 3.05) is 77.8 Å². The molecule has 0 saturated carbocycles. The van der Waals surface area contributed by atoms with Gasteiger partial charge in [0, 0.05) is 68.3 Å². The van der Waals surface area contributed by atoms with Crippen molar-refractivity contribution in [2.24, 2.45) is 0 Å². The largest absolute Gasteiger partial charge is 0.373 e. The molecule has 0 aromatic heterocycles. The predicted octanol–water partition coefficient (Wildman–Crippen LogP) is 5.91. The molecule has 0 aliphatic carbocycles. The summed E-state index contributed by atoms with van der Waals surface area (Å²) in [6.07, 6.45) is 4.25. The third-order valence-corrected chi connectivity index (χ3v) is 9.05. The number of benzene rings is 3. The topological polar surface area (TPSA) is 36.8 Å². The molecule has 0 amide bonds. The Kier molecular flexibility index (Phi) is 10.8. The van der Waals surface area contributed by atoms with Gasteiger partial charge in [0.25, 0.3) is 0 Å². The lowest BCUT2D eigenvalue weighted by Gasteiger charge is -2.40. The minimum Gasteiger partial charge on any atom is -0.373 e. The summed E-state index contributed by atoms with van der Waals surface area (Å²) in [5.41, 5.74) is 5.77. The molecule has 39 heavy (non-hydrogen) atoms. The zero-order valence-electron chi connectivity index (χ0n) is 23.9. The number of thioether (sulfide) groups is 2. The standard InChI is InChI=1S/C32H41N5S2/c1-34(2)16-17-35(3)29-11-6-27(23-33)28(22-29)24-36-18-20-37(21-19-36)32(25-7-12-30(38-4)13-8-25)26-9-14-31(39-5)15-10-26/h6-15,22,32H,16-21,24H2,1-5H3. The molecular weight excluding hydrogens is 519 g/mol. The molecule has 0 N–H and O–H groups in total. The maximum Gasteiger partial charge on any atom is 0.0995 e. The Morgan fingerprint density at radius 3 is 1.85 bits per heavy atom. The lowest BCUT2D eigenvalue weighted by molar-refractivity contribution is 0.105. The van der Waals surface area contributed by atoms with E-state index in [1.165, 1.54) is 26.6 Å². The second-order valence-electron chi connectivity index (χ2n) is 10.4. The minimum atomic E-state index is 0.238. The molecule has 5 nitrogen and oxygen atoms in total. The number of anilines is 1. The summed E-state index contributed by atoms with van der Waals surface area (Å²) in [4.78, 5) is 12.2. The lowest BCUT2D eigenvalue weighted by Crippen LogP contribution is -2.47. The SMILES string of the molecule is CSc1ccc(C(c2ccc(SC)cc2)N2CCN(Cc3cc(N(C)CCN(C)C)ccc3C#N)CC2)cc1. The summed E-state index contributed by atoms with van der Waals surface area (Å²) < 4.78 is 0. The van der Waals surface area contributed by atoms with Crippen molar-refractivity contribution in [2.45, 2.75) is 22.4 Å². The molecule has 1 aliphatic heterocycles. The van der Waals surface area contributed by atoms with Crippen LogP contribution in [0.25, 0.3) is 0 Å². The van der Waals surface area contributed by atoms with Gasteiger partial charge in [-0.05, 0) is 85.8 Å². The van der Waals surface area contributed by atoms with Crippen molar-refractivity contribution in [3.05, 3.63) is 89.0 Å². The summed E-state index contributed by atoms with van der Waals surface area (Å²) in [6, 6.07) is 27.1. The van der Waals surface area contributed by atoms with E-state index in [-0.39, 0.29) is 6.04 Å². The average Bonchev–Trinajstić information content (AvgIpc) is 2.97. The van der Waals surface area contributed by atoms with Gasteiger partial charge < -0.3 is 9.80 Å². The Labute approximate surface area is 243 Å². The van der Waals surface area contributed by atoms with Crippen LogP contribution >= 0.6 is 23.5 Å². The minimum absolute atomic E-state index is 0.238. The highest BCUT2D eigenvalue weighted by Gasteiger charge is 2.27. The van der Waals surface area contributed by atoms with Crippen LogP contribution in [-0.4, -0.2) is 87.6 Å². The quantitative estimate of drug-likeness (QED) is 0.271. The number of nitriles is 1. The highest BCUT2D eigenvalue weighted by molar-refractivity contribution is 7.98. The van der Waals surface area contributed by atoms with Crippen LogP contribution in [0.5, 0.6) is 0 Å². The Bertz CT molecular complexity index is 1180. The van der Waals surface area contributed by atoms with Gasteiger partial charge >= 0.3 is 0 Å². The summed E-state index contributed by atoms with van der Waals surface area (Å²) in [6.45, 7) is 6.69. The zero-order valence-corrected chi connectivity index (χ0v) is 25.6. The molecule has 0 radical (unpaired) electrons. The molecule has 1 aliphatic rings. The van der Waals surface area contributed by atoms with Crippen LogP contribution in [0.4, 0.5) is 5.69 Å². The fraction of sp³-hybridized carbons (Fsp3) is 0.406. The van der Waals surface area contributed by atoms with Gasteiger partial charge in [-0.2, -0.15) is 5.26 Å². The lowest BCUT2D eigenvalue weighted by atomic mass is 9.96. The van der Waals surface area contributed by atoms with Gasteiger partial charge in [0.1, 0.15) is 0 Å². The van der Waals surface area contributed by atoms with E-state index in [0.717, 1.165) is 56.9 Å². The van der Waals surface area contributed by atoms with Crippen LogP contribution in [-0.2, 0) is 6.54 Å². The predicted molar refractivity (Wildman–Crippen MR) is 168 cm³/mol. The average molecular weight is 560 g/mol. The number of piperazine rings is 1. The number of likely N-dealkylation sites (N-methyl/N-ethyl adjacent to an activating group) is 2. The number of nitrogens with zero attached hydrogens (tertiary/aromatic N) is 5. The van der Waals surface area contributed by atoms with Gasteiger partial charge in [0.05, 0.1) is 17.7 Å². The fourth-order valence-electron chi connectivity index (χ4n) is 5.14. The van der Waals surface area contributed by atoms with E-state index in [4.69, 9.17) is 0 Å². The highest BCUT2D eigenvalue weighted by Crippen LogP contribution is 2.32. The Balaban J connectivity index is 1.48. The van der Waals surface area contributed by atoms with Crippen LogP contribution in [0, 0.1) is 11.3 Å². The molecule has 0 atom stereocenters. The normalized spacial score (nSPS) is 14.6. The van der Waals surface area contributed by atoms with E-state index >= 15 is 0 Å². The van der Waals surface area contributed by atoms with E-state index in [1.54, 1.807) is 23.5 Å². The van der Waals surface area contributed by atoms with Gasteiger partial charge in [-0.1, -0.05) is 24.3 Å². The zero-order chi connectivity index (χ0) is 27.8. The van der Waals surface area contributed by atoms with E-state index in [0.29, 0.717) is 0 Å². The van der Waals surface area contributed by atoms with Crippen molar-refractivity contribution in [1.82, 2.24) is 14.7 Å². The number of rotatable bonds is 11. The van der Waals surface area contributed by atoms with Crippen molar-refractivity contribution in [3.63, 3.8) is 0 Å². The summed E-state index contributed by atoms with van der Waals surface area (Å²) in [5.74, 6) is 0. The van der Waals surface area contributed by atoms with Crippen molar-refractivity contribution < 1.29 is 0 Å². The van der Waals surface area contributed by atoms with E-state index < -0.39 is 0 Å². The van der Waals surface area contributed by atoms with Crippen LogP contribution in [0.2, 0.25) is 0 Å². The first kappa shape index (κ1) is 29.5. The molecular formula is C32H41N5S2. The van der Waals surface area contributed by atoms with E-state index in [2.05, 4.69) is 120 Å². The molecule has 1 saturated heterocycles. The molecule has 7 heteroatoms. The van der Waals surface area contributed by atoms with Crippen LogP contribution in [0.3, 0.4) is 0 Å². The van der Waals surface area contributed by atoms with Crippen LogP contribution in [0.15, 0.2) is 76.5 Å². The molecule has 0 unspecified atom stereocenters. The molecule has 4 rings (SSSR count). The smallest absolute Gasteiger partial charge is 0.0995 e. The molecule has 206 valence electrons. The van der Waals surface area contributed by atoms with Crippen LogP contribution < -0.4 is 4.90 Å². The van der Waals surface area contributed by atoms with Crippen molar-refractivity contribution in [1.29, 1.82) is 5.26 Å². The van der Waals surface area contributed by atoms with Gasteiger partial charge in [-0.15, -0.1) is 23.5 Å². The molecule has 1 fully saturated rings. The molecule has 3 aromatic rings. The van der Waals surface area contributed by atoms with Gasteiger partial charge in [0.2, 0.25) is 0 Å². The Morgan fingerprint density at radius 2 is 1.36 bits per heavy atom. The van der Waals surface area contributed by atoms with E-state index in [1.807, 2.05) is 6.07 Å². The molecule has 3 aromatic carbocycles. The summed E-state index contributed by atoms with van der Waals surface area (Å²) in [7, 11) is 6.33. The molecule has 1 heterocycles. The van der Waals surface area contributed by atoms with Crippen molar-refractivity contribution >= 4 is 29.2 Å². The fourth-order valence-corrected chi connectivity index (χ4v) is 5.96. The second-order valence-corrected chi connectivity index (χ2v) is 12.2. The number of hydrogen-bond acceptors (Lipinski definition) is 7. The summed E-state index contributed by atoms with van der Waals surface area (Å²) >= 11 is 3.57. The van der Waals surface area contributed by atoms with Crippen molar-refractivity contribution in [3.8, 4) is 6.07 Å². The summed E-state index contributed by atoms with van der Waals surface area (Å²) in [5, 5.41) is 9.80. The first-order valence-electron chi connectivity index (χ1n) is 13.5. The van der Waals surface area contributed by atoms with Crippen LogP contribution in [0.1, 0.15) is 28.3 Å². The second kappa shape index (κ2) is 14.2. The number of hydrogen-bond donors (Lipinski definition) is 0. The third kappa shape index (κ3) is 7.81. The molecule has 0 bridgehead atoms. The van der Waals surface area contributed by atoms with Gasteiger partial charge in [0.15, 0.2) is 0 Å². The highest BCUT2D eigenvalue weighted by atomic mass is 32.2.